The third-order valence-corrected chi connectivity index (χ3v) is 10.5. The molecule has 2 fully saturated rings. The number of rotatable bonds is 7. The summed E-state index contributed by atoms with van der Waals surface area (Å²) < 4.78 is 67.5. The molecule has 2 heterocycles. The van der Waals surface area contributed by atoms with Gasteiger partial charge in [-0.25, -0.2) is 13.4 Å². The van der Waals surface area contributed by atoms with E-state index < -0.39 is 27.5 Å². The van der Waals surface area contributed by atoms with Crippen LogP contribution < -0.4 is 0 Å². The second kappa shape index (κ2) is 10.8. The van der Waals surface area contributed by atoms with Crippen LogP contribution in [0.3, 0.4) is 0 Å². The van der Waals surface area contributed by atoms with Gasteiger partial charge in [-0.3, -0.25) is 4.79 Å². The molecule has 1 N–H and O–H groups in total. The molecule has 0 bridgehead atoms. The molecule has 5 rings (SSSR count). The van der Waals surface area contributed by atoms with Gasteiger partial charge in [0.1, 0.15) is 11.3 Å². The summed E-state index contributed by atoms with van der Waals surface area (Å²) in [6.07, 6.45) is -2.02. The topological polar surface area (TPSA) is 86.4 Å². The Balaban J connectivity index is 1.42. The number of imidazole rings is 1. The number of para-hydroxylation sites is 1. The summed E-state index contributed by atoms with van der Waals surface area (Å²) >= 11 is 0. The highest BCUT2D eigenvalue weighted by atomic mass is 32.2. The minimum atomic E-state index is -4.56. The third kappa shape index (κ3) is 5.50. The lowest BCUT2D eigenvalue weighted by Gasteiger charge is -2.44. The molecule has 4 atom stereocenters. The highest BCUT2D eigenvalue weighted by Gasteiger charge is 2.45. The van der Waals surface area contributed by atoms with Crippen molar-refractivity contribution in [2.75, 3.05) is 19.3 Å². The summed E-state index contributed by atoms with van der Waals surface area (Å²) in [4.78, 5) is 25.2. The molecule has 3 aromatic rings. The number of carbonyl (C=O) groups is 1. The Morgan fingerprint density at radius 3 is 2.48 bits per heavy atom. The molecule has 216 valence electrons. The molecule has 2 aromatic carbocycles. The smallest absolute Gasteiger partial charge is 0.341 e. The van der Waals surface area contributed by atoms with Crippen molar-refractivity contribution in [3.8, 4) is 0 Å². The van der Waals surface area contributed by atoms with Gasteiger partial charge >= 0.3 is 6.18 Å². The molecule has 2 aliphatic rings. The zero-order valence-electron chi connectivity index (χ0n) is 22.9. The van der Waals surface area contributed by atoms with E-state index in [1.165, 1.54) is 12.1 Å². The van der Waals surface area contributed by atoms with Gasteiger partial charge in [0.2, 0.25) is 5.91 Å². The van der Waals surface area contributed by atoms with Gasteiger partial charge in [-0.1, -0.05) is 24.3 Å². The summed E-state index contributed by atoms with van der Waals surface area (Å²) in [5, 5.41) is 0. The summed E-state index contributed by atoms with van der Waals surface area (Å²) in [6.45, 7) is 4.62. The molecule has 11 heteroatoms. The number of likely N-dealkylation sites (tertiary alicyclic amines) is 1. The summed E-state index contributed by atoms with van der Waals surface area (Å²) in [5.74, 6) is -1.04. The second-order valence-corrected chi connectivity index (χ2v) is 13.4. The molecule has 1 aliphatic carbocycles. The number of alkyl halides is 3. The number of nitrogens with zero attached hydrogens (tertiary/aromatic N) is 3. The van der Waals surface area contributed by atoms with Gasteiger partial charge in [-0.05, 0) is 76.8 Å². The van der Waals surface area contributed by atoms with E-state index >= 15 is 0 Å². The van der Waals surface area contributed by atoms with E-state index in [2.05, 4.69) is 28.7 Å². The molecule has 1 aromatic heterocycles. The highest BCUT2D eigenvalue weighted by Crippen LogP contribution is 2.40. The number of nitrogens with one attached hydrogen (secondary N) is 1. The van der Waals surface area contributed by atoms with Crippen molar-refractivity contribution in [1.29, 1.82) is 0 Å². The van der Waals surface area contributed by atoms with Crippen molar-refractivity contribution < 1.29 is 26.4 Å². The Morgan fingerprint density at radius 2 is 1.80 bits per heavy atom. The molecule has 40 heavy (non-hydrogen) atoms. The maximum atomic E-state index is 13.8. The average molecular weight is 577 g/mol. The third-order valence-electron chi connectivity index (χ3n) is 8.65. The van der Waals surface area contributed by atoms with Crippen molar-refractivity contribution in [2.45, 2.75) is 74.6 Å². The first kappa shape index (κ1) is 28.6. The van der Waals surface area contributed by atoms with Gasteiger partial charge in [0, 0.05) is 24.7 Å². The number of hydrogen-bond donors (Lipinski definition) is 1. The molecule has 1 saturated carbocycles. The van der Waals surface area contributed by atoms with Gasteiger partial charge < -0.3 is 14.8 Å². The van der Waals surface area contributed by atoms with Crippen molar-refractivity contribution in [1.82, 2.24) is 19.8 Å². The van der Waals surface area contributed by atoms with Crippen LogP contribution in [0.2, 0.25) is 0 Å². The standard InChI is InChI=1S/C29H35F3N4O3S/c1-18(2)35(3)20-12-13-25(19(16-20)17-40(38,39)21-8-5-4-6-9-21)36-15-14-22(28(36)37)27-33-24-11-7-10-23(26(24)34-27)29(30,31)32/h4-11,18-20,22,25H,12-17H2,1-3H3,(H,33,34). The van der Waals surface area contributed by atoms with E-state index in [1.54, 1.807) is 35.2 Å². The number of hydrogen-bond acceptors (Lipinski definition) is 5. The predicted octanol–water partition coefficient (Wildman–Crippen LogP) is 5.25. The first-order valence-corrected chi connectivity index (χ1v) is 15.4. The normalized spacial score (nSPS) is 24.5. The number of fused-ring (bicyclic) bond motifs is 1. The lowest BCUT2D eigenvalue weighted by molar-refractivity contribution is -0.136. The van der Waals surface area contributed by atoms with Crippen molar-refractivity contribution in [3.05, 3.63) is 59.9 Å². The number of benzene rings is 2. The molecule has 1 saturated heterocycles. The Bertz CT molecular complexity index is 1470. The van der Waals surface area contributed by atoms with Crippen molar-refractivity contribution in [3.63, 3.8) is 0 Å². The Kier molecular flexibility index (Phi) is 7.73. The fourth-order valence-corrected chi connectivity index (χ4v) is 8.03. The first-order valence-electron chi connectivity index (χ1n) is 13.7. The van der Waals surface area contributed by atoms with E-state index in [0.717, 1.165) is 12.5 Å². The van der Waals surface area contributed by atoms with Crippen LogP contribution in [-0.4, -0.2) is 71.6 Å². The fraction of sp³-hybridized carbons (Fsp3) is 0.517. The number of aromatic amines is 1. The largest absolute Gasteiger partial charge is 0.418 e. The van der Waals surface area contributed by atoms with E-state index in [1.807, 2.05) is 7.05 Å². The van der Waals surface area contributed by atoms with E-state index in [-0.39, 0.29) is 51.4 Å². The number of carbonyl (C=O) groups excluding carboxylic acids is 1. The zero-order chi connectivity index (χ0) is 28.8. The Hall–Kier alpha value is -2.92. The van der Waals surface area contributed by atoms with E-state index in [0.29, 0.717) is 31.8 Å². The maximum absolute atomic E-state index is 13.8. The number of sulfone groups is 1. The molecule has 0 radical (unpaired) electrons. The number of H-pyrrole nitrogens is 1. The van der Waals surface area contributed by atoms with Crippen LogP contribution in [0.5, 0.6) is 0 Å². The quantitative estimate of drug-likeness (QED) is 0.415. The number of aromatic nitrogens is 2. The van der Waals surface area contributed by atoms with Crippen LogP contribution in [0.15, 0.2) is 53.4 Å². The average Bonchev–Trinajstić information content (AvgIpc) is 3.51. The number of halogens is 3. The second-order valence-electron chi connectivity index (χ2n) is 11.3. The minimum Gasteiger partial charge on any atom is -0.341 e. The molecular weight excluding hydrogens is 541 g/mol. The summed E-state index contributed by atoms with van der Waals surface area (Å²) in [5.41, 5.74) is -0.797. The molecular formula is C29H35F3N4O3S. The maximum Gasteiger partial charge on any atom is 0.418 e. The van der Waals surface area contributed by atoms with Gasteiger partial charge in [-0.2, -0.15) is 13.2 Å². The summed E-state index contributed by atoms with van der Waals surface area (Å²) in [7, 11) is -1.54. The molecule has 4 unspecified atom stereocenters. The van der Waals surface area contributed by atoms with Crippen molar-refractivity contribution in [2.24, 2.45) is 5.92 Å². The molecule has 7 nitrogen and oxygen atoms in total. The summed E-state index contributed by atoms with van der Waals surface area (Å²) in [6, 6.07) is 12.4. The van der Waals surface area contributed by atoms with E-state index in [4.69, 9.17) is 0 Å². The molecule has 1 amide bonds. The van der Waals surface area contributed by atoms with E-state index in [9.17, 15) is 26.4 Å². The van der Waals surface area contributed by atoms with Crippen LogP contribution in [0.25, 0.3) is 11.0 Å². The van der Waals surface area contributed by atoms with Crippen LogP contribution in [0, 0.1) is 5.92 Å². The minimum absolute atomic E-state index is 0.0713. The SMILES string of the molecule is CC(C)N(C)C1CCC(N2CCC(c3nc4c(C(F)(F)F)cccc4[nH]3)C2=O)C(CS(=O)(=O)c2ccccc2)C1. The van der Waals surface area contributed by atoms with Crippen LogP contribution in [0.4, 0.5) is 13.2 Å². The highest BCUT2D eigenvalue weighted by molar-refractivity contribution is 7.91. The van der Waals surface area contributed by atoms with Crippen LogP contribution in [0.1, 0.15) is 56.8 Å². The van der Waals surface area contributed by atoms with Crippen molar-refractivity contribution >= 4 is 26.8 Å². The Labute approximate surface area is 232 Å². The lowest BCUT2D eigenvalue weighted by Crippen LogP contribution is -2.51. The molecule has 0 spiro atoms. The predicted molar refractivity (Wildman–Crippen MR) is 146 cm³/mol. The van der Waals surface area contributed by atoms with Crippen LogP contribution >= 0.6 is 0 Å². The van der Waals surface area contributed by atoms with Crippen LogP contribution in [-0.2, 0) is 20.8 Å². The fourth-order valence-electron chi connectivity index (χ4n) is 6.34. The number of amides is 1. The zero-order valence-corrected chi connectivity index (χ0v) is 23.7. The van der Waals surface area contributed by atoms with Gasteiger partial charge in [0.25, 0.3) is 0 Å². The Morgan fingerprint density at radius 1 is 1.07 bits per heavy atom. The lowest BCUT2D eigenvalue weighted by atomic mass is 9.81. The first-order chi connectivity index (χ1) is 18.9. The molecule has 1 aliphatic heterocycles. The monoisotopic (exact) mass is 576 g/mol. The van der Waals surface area contributed by atoms with Gasteiger partial charge in [0.05, 0.1) is 27.6 Å². The van der Waals surface area contributed by atoms with Gasteiger partial charge in [0.15, 0.2) is 9.84 Å². The van der Waals surface area contributed by atoms with Gasteiger partial charge in [-0.15, -0.1) is 0 Å².